The van der Waals surface area contributed by atoms with E-state index in [0.29, 0.717) is 6.07 Å². The molecule has 0 unspecified atom stereocenters. The van der Waals surface area contributed by atoms with Crippen molar-refractivity contribution in [3.8, 4) is 22.4 Å². The molecule has 28 heavy (non-hydrogen) atoms. The van der Waals surface area contributed by atoms with Crippen LogP contribution < -0.4 is 0 Å². The van der Waals surface area contributed by atoms with Gasteiger partial charge in [-0.2, -0.15) is 0 Å². The van der Waals surface area contributed by atoms with Gasteiger partial charge in [-0.1, -0.05) is 23.7 Å². The van der Waals surface area contributed by atoms with E-state index in [4.69, 9.17) is 16.7 Å². The van der Waals surface area contributed by atoms with E-state index in [9.17, 15) is 18.0 Å². The Hall–Kier alpha value is -3.32. The van der Waals surface area contributed by atoms with E-state index in [1.807, 2.05) is 0 Å². The zero-order valence-corrected chi connectivity index (χ0v) is 14.7. The molecule has 0 fully saturated rings. The van der Waals surface area contributed by atoms with Gasteiger partial charge in [0.25, 0.3) is 0 Å². The summed E-state index contributed by atoms with van der Waals surface area (Å²) in [6.07, 6.45) is 1.40. The summed E-state index contributed by atoms with van der Waals surface area (Å²) in [4.78, 5) is 15.4. The second kappa shape index (κ2) is 6.69. The number of aromatic carboxylic acids is 1. The first kappa shape index (κ1) is 18.1. The zero-order chi connectivity index (χ0) is 20.0. The van der Waals surface area contributed by atoms with Crippen molar-refractivity contribution in [1.29, 1.82) is 0 Å². The molecule has 0 aliphatic rings. The summed E-state index contributed by atoms with van der Waals surface area (Å²) >= 11 is 6.35. The fourth-order valence-corrected chi connectivity index (χ4v) is 3.28. The lowest BCUT2D eigenvalue weighted by Gasteiger charge is -2.10. The van der Waals surface area contributed by atoms with Crippen LogP contribution in [-0.2, 0) is 0 Å². The Morgan fingerprint density at radius 2 is 1.79 bits per heavy atom. The first-order valence-electron chi connectivity index (χ1n) is 8.02. The SMILES string of the molecule is O=C(O)c1ccn2c(Cl)c(-c3c(F)cccc3-c3ccc(F)cc3F)nc2c1. The summed E-state index contributed by atoms with van der Waals surface area (Å²) in [5, 5.41) is 9.15. The Balaban J connectivity index is 2.00. The van der Waals surface area contributed by atoms with Crippen LogP contribution in [0.3, 0.4) is 0 Å². The summed E-state index contributed by atoms with van der Waals surface area (Å²) in [6, 6.07) is 9.62. The van der Waals surface area contributed by atoms with E-state index in [1.165, 1.54) is 47.0 Å². The number of pyridine rings is 1. The summed E-state index contributed by atoms with van der Waals surface area (Å²) in [5.74, 6) is -3.47. The van der Waals surface area contributed by atoms with Gasteiger partial charge in [0.1, 0.15) is 33.9 Å². The monoisotopic (exact) mass is 402 g/mol. The van der Waals surface area contributed by atoms with Gasteiger partial charge in [-0.25, -0.2) is 22.9 Å². The maximum atomic E-state index is 14.7. The highest BCUT2D eigenvalue weighted by atomic mass is 35.5. The smallest absolute Gasteiger partial charge is 0.335 e. The van der Waals surface area contributed by atoms with E-state index in [2.05, 4.69) is 4.98 Å². The standard InChI is InChI=1S/C20H10ClF3N2O2/c21-19-18(25-16-8-10(20(27)28)6-7-26(16)19)17-13(2-1-3-14(17)23)12-5-4-11(22)9-15(12)24/h1-9H,(H,27,28). The third-order valence-electron chi connectivity index (χ3n) is 4.29. The molecule has 0 atom stereocenters. The number of imidazole rings is 1. The lowest BCUT2D eigenvalue weighted by Crippen LogP contribution is -1.97. The molecule has 0 amide bonds. The van der Waals surface area contributed by atoms with Crippen molar-refractivity contribution < 1.29 is 23.1 Å². The van der Waals surface area contributed by atoms with E-state index < -0.39 is 23.4 Å². The van der Waals surface area contributed by atoms with Gasteiger partial charge >= 0.3 is 5.97 Å². The van der Waals surface area contributed by atoms with Crippen LogP contribution in [0.15, 0.2) is 54.7 Å². The van der Waals surface area contributed by atoms with Crippen LogP contribution in [0.2, 0.25) is 5.15 Å². The predicted octanol–water partition coefficient (Wildman–Crippen LogP) is 5.44. The van der Waals surface area contributed by atoms with Crippen LogP contribution in [0.25, 0.3) is 28.0 Å². The third kappa shape index (κ3) is 2.90. The molecular formula is C20H10ClF3N2O2. The molecule has 8 heteroatoms. The quantitative estimate of drug-likeness (QED) is 0.496. The molecule has 0 saturated carbocycles. The highest BCUT2D eigenvalue weighted by Gasteiger charge is 2.22. The average molecular weight is 403 g/mol. The second-order valence-electron chi connectivity index (χ2n) is 5.99. The molecule has 4 rings (SSSR count). The summed E-state index contributed by atoms with van der Waals surface area (Å²) < 4.78 is 43.7. The van der Waals surface area contributed by atoms with E-state index in [-0.39, 0.29) is 38.7 Å². The summed E-state index contributed by atoms with van der Waals surface area (Å²) in [5.41, 5.74) is 0.240. The van der Waals surface area contributed by atoms with Crippen LogP contribution in [0.5, 0.6) is 0 Å². The average Bonchev–Trinajstić information content (AvgIpc) is 2.97. The minimum absolute atomic E-state index is 0.0148. The Morgan fingerprint density at radius 3 is 2.50 bits per heavy atom. The number of rotatable bonds is 3. The van der Waals surface area contributed by atoms with E-state index >= 15 is 0 Å². The number of carboxylic acid groups (broad SMARTS) is 1. The number of carbonyl (C=O) groups is 1. The lowest BCUT2D eigenvalue weighted by atomic mass is 9.97. The van der Waals surface area contributed by atoms with Crippen molar-refractivity contribution in [2.45, 2.75) is 0 Å². The maximum Gasteiger partial charge on any atom is 0.335 e. The van der Waals surface area contributed by atoms with Crippen LogP contribution >= 0.6 is 11.6 Å². The Bertz CT molecular complexity index is 1250. The second-order valence-corrected chi connectivity index (χ2v) is 6.34. The number of hydrogen-bond donors (Lipinski definition) is 1. The number of benzene rings is 2. The summed E-state index contributed by atoms with van der Waals surface area (Å²) in [6.45, 7) is 0. The van der Waals surface area contributed by atoms with Gasteiger partial charge in [-0.15, -0.1) is 0 Å². The van der Waals surface area contributed by atoms with Gasteiger partial charge in [-0.05, 0) is 35.9 Å². The van der Waals surface area contributed by atoms with Crippen molar-refractivity contribution in [1.82, 2.24) is 9.38 Å². The van der Waals surface area contributed by atoms with Crippen molar-refractivity contribution in [3.63, 3.8) is 0 Å². The molecule has 0 saturated heterocycles. The molecule has 4 aromatic rings. The molecule has 0 bridgehead atoms. The zero-order valence-electron chi connectivity index (χ0n) is 14.0. The normalized spacial score (nSPS) is 11.1. The number of carboxylic acids is 1. The highest BCUT2D eigenvalue weighted by Crippen LogP contribution is 2.38. The number of hydrogen-bond acceptors (Lipinski definition) is 2. The van der Waals surface area contributed by atoms with Gasteiger partial charge < -0.3 is 5.11 Å². The Morgan fingerprint density at radius 1 is 1.00 bits per heavy atom. The molecule has 2 heterocycles. The first-order chi connectivity index (χ1) is 13.4. The molecule has 2 aromatic carbocycles. The van der Waals surface area contributed by atoms with Gasteiger partial charge in [-0.3, -0.25) is 4.40 Å². The predicted molar refractivity (Wildman–Crippen MR) is 97.9 cm³/mol. The Labute approximate surface area is 161 Å². The molecule has 0 aliphatic carbocycles. The topological polar surface area (TPSA) is 54.6 Å². The number of halogens is 4. The maximum absolute atomic E-state index is 14.7. The van der Waals surface area contributed by atoms with Gasteiger partial charge in [0, 0.05) is 23.4 Å². The van der Waals surface area contributed by atoms with Gasteiger partial charge in [0.2, 0.25) is 0 Å². The lowest BCUT2D eigenvalue weighted by molar-refractivity contribution is 0.0697. The molecule has 0 radical (unpaired) electrons. The molecule has 0 spiro atoms. The number of nitrogens with zero attached hydrogens (tertiary/aromatic N) is 2. The van der Waals surface area contributed by atoms with Crippen LogP contribution in [-0.4, -0.2) is 20.5 Å². The van der Waals surface area contributed by atoms with Gasteiger partial charge in [0.15, 0.2) is 0 Å². The number of fused-ring (bicyclic) bond motifs is 1. The minimum atomic E-state index is -1.15. The third-order valence-corrected chi connectivity index (χ3v) is 4.65. The van der Waals surface area contributed by atoms with E-state index in [1.54, 1.807) is 0 Å². The largest absolute Gasteiger partial charge is 0.478 e. The van der Waals surface area contributed by atoms with Crippen molar-refractivity contribution >= 4 is 23.2 Å². The highest BCUT2D eigenvalue weighted by molar-refractivity contribution is 6.32. The first-order valence-corrected chi connectivity index (χ1v) is 8.40. The fraction of sp³-hybridized carbons (Fsp3) is 0. The summed E-state index contributed by atoms with van der Waals surface area (Å²) in [7, 11) is 0. The fourth-order valence-electron chi connectivity index (χ4n) is 3.00. The van der Waals surface area contributed by atoms with Crippen molar-refractivity contribution in [2.24, 2.45) is 0 Å². The Kier molecular flexibility index (Phi) is 4.31. The van der Waals surface area contributed by atoms with Crippen molar-refractivity contribution in [3.05, 3.63) is 82.9 Å². The molecule has 2 aromatic heterocycles. The minimum Gasteiger partial charge on any atom is -0.478 e. The van der Waals surface area contributed by atoms with Crippen LogP contribution in [0.4, 0.5) is 13.2 Å². The van der Waals surface area contributed by atoms with Crippen molar-refractivity contribution in [2.75, 3.05) is 0 Å². The number of aromatic nitrogens is 2. The van der Waals surface area contributed by atoms with Crippen LogP contribution in [0.1, 0.15) is 10.4 Å². The van der Waals surface area contributed by atoms with Crippen LogP contribution in [0, 0.1) is 17.5 Å². The molecular weight excluding hydrogens is 393 g/mol. The molecule has 4 nitrogen and oxygen atoms in total. The molecule has 140 valence electrons. The van der Waals surface area contributed by atoms with E-state index in [0.717, 1.165) is 6.07 Å². The molecule has 1 N–H and O–H groups in total. The molecule has 0 aliphatic heterocycles. The van der Waals surface area contributed by atoms with Gasteiger partial charge in [0.05, 0.1) is 5.56 Å².